The predicted octanol–water partition coefficient (Wildman–Crippen LogP) is 1.79. The summed E-state index contributed by atoms with van der Waals surface area (Å²) < 4.78 is 10.5. The third-order valence-electron chi connectivity index (χ3n) is 4.27. The van der Waals surface area contributed by atoms with Crippen molar-refractivity contribution in [2.24, 2.45) is 5.92 Å². The summed E-state index contributed by atoms with van der Waals surface area (Å²) in [5.41, 5.74) is 0.565. The average molecular weight is 318 g/mol. The zero-order chi connectivity index (χ0) is 16.4. The summed E-state index contributed by atoms with van der Waals surface area (Å²) in [5.74, 6) is 1.37. The molecule has 2 heterocycles. The van der Waals surface area contributed by atoms with Crippen LogP contribution < -0.4 is 14.8 Å². The van der Waals surface area contributed by atoms with Crippen molar-refractivity contribution in [2.75, 3.05) is 19.9 Å². The second-order valence-corrected chi connectivity index (χ2v) is 6.30. The molecule has 0 bridgehead atoms. The second-order valence-electron chi connectivity index (χ2n) is 6.30. The highest BCUT2D eigenvalue weighted by atomic mass is 16.7. The summed E-state index contributed by atoms with van der Waals surface area (Å²) >= 11 is 0. The quantitative estimate of drug-likeness (QED) is 0.922. The Labute approximate surface area is 135 Å². The first kappa shape index (κ1) is 15.6. The van der Waals surface area contributed by atoms with Crippen LogP contribution in [0.25, 0.3) is 0 Å². The minimum atomic E-state index is -0.114. The van der Waals surface area contributed by atoms with Crippen molar-refractivity contribution >= 4 is 11.8 Å². The number of hydrogen-bond acceptors (Lipinski definition) is 4. The first-order chi connectivity index (χ1) is 11.0. The topological polar surface area (TPSA) is 67.9 Å². The third kappa shape index (κ3) is 3.41. The molecule has 0 aliphatic carbocycles. The van der Waals surface area contributed by atoms with Gasteiger partial charge in [-0.1, -0.05) is 13.8 Å². The van der Waals surface area contributed by atoms with E-state index in [1.54, 1.807) is 18.2 Å². The van der Waals surface area contributed by atoms with Crippen molar-refractivity contribution in [3.05, 3.63) is 23.8 Å². The number of ether oxygens (including phenoxy) is 2. The Morgan fingerprint density at radius 3 is 2.57 bits per heavy atom. The van der Waals surface area contributed by atoms with Gasteiger partial charge in [0.05, 0.1) is 0 Å². The summed E-state index contributed by atoms with van der Waals surface area (Å²) in [6.45, 7) is 5.42. The van der Waals surface area contributed by atoms with Crippen molar-refractivity contribution in [3.8, 4) is 11.5 Å². The number of nitrogens with one attached hydrogen (secondary N) is 1. The van der Waals surface area contributed by atoms with E-state index in [1.165, 1.54) is 0 Å². The van der Waals surface area contributed by atoms with Gasteiger partial charge in [-0.2, -0.15) is 0 Å². The number of amides is 2. The standard InChI is InChI=1S/C17H22N2O4/c1-11(2)17(21)19-7-5-13(6-8-19)18-16(20)12-3-4-14-15(9-12)23-10-22-14/h3-4,9,11,13H,5-8,10H2,1-2H3,(H,18,20). The molecule has 0 aromatic heterocycles. The average Bonchev–Trinajstić information content (AvgIpc) is 3.02. The molecule has 1 aromatic rings. The summed E-state index contributed by atoms with van der Waals surface area (Å²) in [5, 5.41) is 3.04. The number of fused-ring (bicyclic) bond motifs is 1. The maximum absolute atomic E-state index is 12.3. The van der Waals surface area contributed by atoms with E-state index in [1.807, 2.05) is 18.7 Å². The molecule has 0 unspecified atom stereocenters. The van der Waals surface area contributed by atoms with Gasteiger partial charge < -0.3 is 19.7 Å². The number of hydrogen-bond donors (Lipinski definition) is 1. The number of carbonyl (C=O) groups excluding carboxylic acids is 2. The first-order valence-electron chi connectivity index (χ1n) is 8.04. The van der Waals surface area contributed by atoms with E-state index in [0.29, 0.717) is 30.2 Å². The van der Waals surface area contributed by atoms with E-state index in [9.17, 15) is 9.59 Å². The number of likely N-dealkylation sites (tertiary alicyclic amines) is 1. The molecule has 0 saturated carbocycles. The Morgan fingerprint density at radius 1 is 1.17 bits per heavy atom. The van der Waals surface area contributed by atoms with Gasteiger partial charge in [0.2, 0.25) is 12.7 Å². The van der Waals surface area contributed by atoms with Crippen LogP contribution in [-0.2, 0) is 4.79 Å². The molecule has 6 heteroatoms. The molecular formula is C17H22N2O4. The number of carbonyl (C=O) groups is 2. The fourth-order valence-corrected chi connectivity index (χ4v) is 2.92. The van der Waals surface area contributed by atoms with Crippen LogP contribution in [0.3, 0.4) is 0 Å². The molecule has 1 saturated heterocycles. The van der Waals surface area contributed by atoms with Gasteiger partial charge in [0, 0.05) is 30.6 Å². The summed E-state index contributed by atoms with van der Waals surface area (Å²) in [6.07, 6.45) is 1.57. The van der Waals surface area contributed by atoms with Crippen LogP contribution in [0.15, 0.2) is 18.2 Å². The van der Waals surface area contributed by atoms with Crippen LogP contribution in [0.4, 0.5) is 0 Å². The van der Waals surface area contributed by atoms with Gasteiger partial charge in [-0.25, -0.2) is 0 Å². The van der Waals surface area contributed by atoms with E-state index in [2.05, 4.69) is 5.32 Å². The van der Waals surface area contributed by atoms with Crippen molar-refractivity contribution in [1.29, 1.82) is 0 Å². The zero-order valence-electron chi connectivity index (χ0n) is 13.5. The fourth-order valence-electron chi connectivity index (χ4n) is 2.92. The predicted molar refractivity (Wildman–Crippen MR) is 84.5 cm³/mol. The van der Waals surface area contributed by atoms with Gasteiger partial charge in [0.25, 0.3) is 5.91 Å². The zero-order valence-corrected chi connectivity index (χ0v) is 13.5. The van der Waals surface area contributed by atoms with Crippen LogP contribution in [0, 0.1) is 5.92 Å². The monoisotopic (exact) mass is 318 g/mol. The Balaban J connectivity index is 1.54. The largest absolute Gasteiger partial charge is 0.454 e. The van der Waals surface area contributed by atoms with E-state index >= 15 is 0 Å². The smallest absolute Gasteiger partial charge is 0.251 e. The molecule has 23 heavy (non-hydrogen) atoms. The highest BCUT2D eigenvalue weighted by Gasteiger charge is 2.25. The van der Waals surface area contributed by atoms with E-state index < -0.39 is 0 Å². The molecule has 1 aromatic carbocycles. The number of benzene rings is 1. The lowest BCUT2D eigenvalue weighted by atomic mass is 10.0. The summed E-state index contributed by atoms with van der Waals surface area (Å²) in [6, 6.07) is 5.29. The number of rotatable bonds is 3. The van der Waals surface area contributed by atoms with Crippen molar-refractivity contribution in [3.63, 3.8) is 0 Å². The second kappa shape index (κ2) is 6.48. The van der Waals surface area contributed by atoms with Gasteiger partial charge >= 0.3 is 0 Å². The lowest BCUT2D eigenvalue weighted by molar-refractivity contribution is -0.135. The molecule has 2 aliphatic heterocycles. The highest BCUT2D eigenvalue weighted by molar-refractivity contribution is 5.95. The molecule has 3 rings (SSSR count). The van der Waals surface area contributed by atoms with E-state index in [4.69, 9.17) is 9.47 Å². The van der Waals surface area contributed by atoms with Crippen molar-refractivity contribution < 1.29 is 19.1 Å². The molecule has 6 nitrogen and oxygen atoms in total. The minimum absolute atomic E-state index is 0.0229. The van der Waals surface area contributed by atoms with E-state index in [0.717, 1.165) is 12.8 Å². The van der Waals surface area contributed by atoms with Crippen LogP contribution in [0.2, 0.25) is 0 Å². The Kier molecular flexibility index (Phi) is 4.41. The molecule has 124 valence electrons. The van der Waals surface area contributed by atoms with Crippen molar-refractivity contribution in [2.45, 2.75) is 32.7 Å². The maximum Gasteiger partial charge on any atom is 0.251 e. The molecule has 2 aliphatic rings. The fraction of sp³-hybridized carbons (Fsp3) is 0.529. The minimum Gasteiger partial charge on any atom is -0.454 e. The van der Waals surface area contributed by atoms with Crippen molar-refractivity contribution in [1.82, 2.24) is 10.2 Å². The van der Waals surface area contributed by atoms with Gasteiger partial charge in [0.15, 0.2) is 11.5 Å². The third-order valence-corrected chi connectivity index (χ3v) is 4.27. The lowest BCUT2D eigenvalue weighted by Crippen LogP contribution is -2.47. The normalized spacial score (nSPS) is 17.4. The first-order valence-corrected chi connectivity index (χ1v) is 8.04. The Morgan fingerprint density at radius 2 is 1.87 bits per heavy atom. The lowest BCUT2D eigenvalue weighted by Gasteiger charge is -2.33. The maximum atomic E-state index is 12.3. The molecule has 2 amide bonds. The number of piperidine rings is 1. The number of nitrogens with zero attached hydrogens (tertiary/aromatic N) is 1. The van der Waals surface area contributed by atoms with Gasteiger partial charge in [-0.05, 0) is 31.0 Å². The van der Waals surface area contributed by atoms with Crippen LogP contribution >= 0.6 is 0 Å². The van der Waals surface area contributed by atoms with Crippen LogP contribution in [0.5, 0.6) is 11.5 Å². The summed E-state index contributed by atoms with van der Waals surface area (Å²) in [4.78, 5) is 26.2. The van der Waals surface area contributed by atoms with Gasteiger partial charge in [0.1, 0.15) is 0 Å². The van der Waals surface area contributed by atoms with Gasteiger partial charge in [-0.3, -0.25) is 9.59 Å². The molecule has 1 N–H and O–H groups in total. The molecule has 0 radical (unpaired) electrons. The van der Waals surface area contributed by atoms with Crippen LogP contribution in [-0.4, -0.2) is 42.6 Å². The molecular weight excluding hydrogens is 296 g/mol. The molecule has 0 atom stereocenters. The summed E-state index contributed by atoms with van der Waals surface area (Å²) in [7, 11) is 0. The highest BCUT2D eigenvalue weighted by Crippen LogP contribution is 2.32. The molecule has 1 fully saturated rings. The van der Waals surface area contributed by atoms with Crippen LogP contribution in [0.1, 0.15) is 37.0 Å². The SMILES string of the molecule is CC(C)C(=O)N1CCC(NC(=O)c2ccc3c(c2)OCO3)CC1. The Bertz CT molecular complexity index is 607. The Hall–Kier alpha value is -2.24. The molecule has 0 spiro atoms. The van der Waals surface area contributed by atoms with Gasteiger partial charge in [-0.15, -0.1) is 0 Å². The van der Waals surface area contributed by atoms with E-state index in [-0.39, 0.29) is 30.6 Å².